The van der Waals surface area contributed by atoms with Crippen LogP contribution in [0.15, 0.2) is 18.5 Å². The average Bonchev–Trinajstić information content (AvgIpc) is 2.71. The van der Waals surface area contributed by atoms with Gasteiger partial charge in [-0.2, -0.15) is 0 Å². The first-order valence-electron chi connectivity index (χ1n) is 6.21. The Hall–Kier alpha value is -1.75. The number of rotatable bonds is 4. The zero-order chi connectivity index (χ0) is 13.1. The summed E-state index contributed by atoms with van der Waals surface area (Å²) in [6.45, 7) is 9.15. The first-order valence-corrected chi connectivity index (χ1v) is 6.21. The van der Waals surface area contributed by atoms with Gasteiger partial charge in [0, 0.05) is 6.20 Å². The van der Waals surface area contributed by atoms with Gasteiger partial charge in [-0.15, -0.1) is 5.10 Å². The number of nitrogens with one attached hydrogen (secondary N) is 1. The van der Waals surface area contributed by atoms with Crippen molar-refractivity contribution in [1.82, 2.24) is 25.3 Å². The largest absolute Gasteiger partial charge is 0.309 e. The molecule has 2 rings (SSSR count). The molecule has 2 aromatic rings. The van der Waals surface area contributed by atoms with Gasteiger partial charge in [-0.3, -0.25) is 4.98 Å². The second-order valence-electron chi connectivity index (χ2n) is 4.47. The fraction of sp³-hybridized carbons (Fsp3) is 0.462. The van der Waals surface area contributed by atoms with Gasteiger partial charge in [0.05, 0.1) is 23.6 Å². The van der Waals surface area contributed by atoms with E-state index in [1.54, 1.807) is 6.20 Å². The summed E-state index contributed by atoms with van der Waals surface area (Å²) >= 11 is 0. The van der Waals surface area contributed by atoms with Gasteiger partial charge in [-0.1, -0.05) is 12.1 Å². The van der Waals surface area contributed by atoms with E-state index >= 15 is 0 Å². The summed E-state index contributed by atoms with van der Waals surface area (Å²) in [7, 11) is 0. The maximum absolute atomic E-state index is 4.26. The molecule has 0 spiro atoms. The van der Waals surface area contributed by atoms with Crippen LogP contribution in [0.4, 0.5) is 0 Å². The summed E-state index contributed by atoms with van der Waals surface area (Å²) in [6.07, 6.45) is 3.63. The number of hydrogen-bond donors (Lipinski definition) is 1. The lowest BCUT2D eigenvalue weighted by Crippen LogP contribution is -2.19. The Labute approximate surface area is 107 Å². The molecule has 18 heavy (non-hydrogen) atoms. The third-order valence-electron chi connectivity index (χ3n) is 2.96. The Balaban J connectivity index is 2.36. The normalized spacial score (nSPS) is 12.7. The molecule has 0 radical (unpaired) electrons. The standard InChI is InChI=1S/C13H19N5/c1-5-15-10(3)13-11(4)18(17-16-13)12-6-9(2)7-14-8-12/h6-8,10,15H,5H2,1-4H3. The SMILES string of the molecule is CCNC(C)c1nnn(-c2cncc(C)c2)c1C. The fourth-order valence-corrected chi connectivity index (χ4v) is 2.04. The highest BCUT2D eigenvalue weighted by Gasteiger charge is 2.15. The van der Waals surface area contributed by atoms with E-state index in [4.69, 9.17) is 0 Å². The van der Waals surface area contributed by atoms with Gasteiger partial charge in [-0.25, -0.2) is 4.68 Å². The molecule has 5 nitrogen and oxygen atoms in total. The van der Waals surface area contributed by atoms with Crippen molar-refractivity contribution in [3.63, 3.8) is 0 Å². The molecular formula is C13H19N5. The molecule has 0 saturated heterocycles. The van der Waals surface area contributed by atoms with Crippen LogP contribution in [0.2, 0.25) is 0 Å². The molecule has 5 heteroatoms. The summed E-state index contributed by atoms with van der Waals surface area (Å²) in [5.41, 5.74) is 4.10. The van der Waals surface area contributed by atoms with Crippen molar-refractivity contribution in [1.29, 1.82) is 0 Å². The van der Waals surface area contributed by atoms with E-state index in [0.717, 1.165) is 29.2 Å². The van der Waals surface area contributed by atoms with Crippen LogP contribution in [0, 0.1) is 13.8 Å². The molecule has 0 aliphatic heterocycles. The topological polar surface area (TPSA) is 55.6 Å². The van der Waals surface area contributed by atoms with E-state index in [1.807, 2.05) is 24.7 Å². The van der Waals surface area contributed by atoms with E-state index in [-0.39, 0.29) is 6.04 Å². The Morgan fingerprint density at radius 2 is 2.11 bits per heavy atom. The summed E-state index contributed by atoms with van der Waals surface area (Å²) in [6, 6.07) is 2.26. The second kappa shape index (κ2) is 5.27. The number of pyridine rings is 1. The molecule has 2 aromatic heterocycles. The second-order valence-corrected chi connectivity index (χ2v) is 4.47. The molecule has 1 unspecified atom stereocenters. The van der Waals surface area contributed by atoms with Gasteiger partial charge < -0.3 is 5.32 Å². The van der Waals surface area contributed by atoms with Crippen molar-refractivity contribution in [2.45, 2.75) is 33.7 Å². The summed E-state index contributed by atoms with van der Waals surface area (Å²) < 4.78 is 1.84. The third kappa shape index (κ3) is 2.41. The molecule has 0 aromatic carbocycles. The van der Waals surface area contributed by atoms with Crippen LogP contribution in [-0.4, -0.2) is 26.5 Å². The van der Waals surface area contributed by atoms with Gasteiger partial charge in [0.15, 0.2) is 0 Å². The number of aromatic nitrogens is 4. The van der Waals surface area contributed by atoms with Gasteiger partial charge in [-0.05, 0) is 38.9 Å². The highest BCUT2D eigenvalue weighted by Crippen LogP contribution is 2.17. The minimum absolute atomic E-state index is 0.210. The maximum atomic E-state index is 4.26. The Kier molecular flexibility index (Phi) is 3.72. The molecule has 0 saturated carbocycles. The lowest BCUT2D eigenvalue weighted by Gasteiger charge is -2.10. The van der Waals surface area contributed by atoms with E-state index in [0.29, 0.717) is 0 Å². The van der Waals surface area contributed by atoms with Crippen LogP contribution in [-0.2, 0) is 0 Å². The summed E-state index contributed by atoms with van der Waals surface area (Å²) in [4.78, 5) is 4.19. The predicted molar refractivity (Wildman–Crippen MR) is 70.7 cm³/mol. The minimum Gasteiger partial charge on any atom is -0.309 e. The average molecular weight is 245 g/mol. The van der Waals surface area contributed by atoms with Crippen molar-refractivity contribution in [3.8, 4) is 5.69 Å². The Morgan fingerprint density at radius 3 is 2.78 bits per heavy atom. The highest BCUT2D eigenvalue weighted by atomic mass is 15.4. The first-order chi connectivity index (χ1) is 8.63. The zero-order valence-electron chi connectivity index (χ0n) is 11.3. The van der Waals surface area contributed by atoms with Crippen LogP contribution in [0.3, 0.4) is 0 Å². The quantitative estimate of drug-likeness (QED) is 0.894. The van der Waals surface area contributed by atoms with E-state index < -0.39 is 0 Å². The van der Waals surface area contributed by atoms with Crippen molar-refractivity contribution < 1.29 is 0 Å². The molecule has 0 bridgehead atoms. The molecule has 96 valence electrons. The van der Waals surface area contributed by atoms with Crippen molar-refractivity contribution >= 4 is 0 Å². The minimum atomic E-state index is 0.210. The monoisotopic (exact) mass is 245 g/mol. The predicted octanol–water partition coefficient (Wildman–Crippen LogP) is 1.95. The van der Waals surface area contributed by atoms with E-state index in [9.17, 15) is 0 Å². The van der Waals surface area contributed by atoms with Gasteiger partial charge >= 0.3 is 0 Å². The lowest BCUT2D eigenvalue weighted by atomic mass is 10.2. The molecular weight excluding hydrogens is 226 g/mol. The van der Waals surface area contributed by atoms with E-state index in [2.05, 4.69) is 40.5 Å². The number of nitrogens with zero attached hydrogens (tertiary/aromatic N) is 4. The van der Waals surface area contributed by atoms with Crippen molar-refractivity contribution in [2.24, 2.45) is 0 Å². The van der Waals surface area contributed by atoms with E-state index in [1.165, 1.54) is 0 Å². The summed E-state index contributed by atoms with van der Waals surface area (Å²) in [5, 5.41) is 11.8. The first kappa shape index (κ1) is 12.7. The van der Waals surface area contributed by atoms with Crippen LogP contribution < -0.4 is 5.32 Å². The van der Waals surface area contributed by atoms with Gasteiger partial charge in [0.25, 0.3) is 0 Å². The summed E-state index contributed by atoms with van der Waals surface area (Å²) in [5.74, 6) is 0. The zero-order valence-corrected chi connectivity index (χ0v) is 11.3. The maximum Gasteiger partial charge on any atom is 0.103 e. The lowest BCUT2D eigenvalue weighted by molar-refractivity contribution is 0.579. The smallest absolute Gasteiger partial charge is 0.103 e. The van der Waals surface area contributed by atoms with Crippen LogP contribution in [0.1, 0.15) is 36.8 Å². The number of hydrogen-bond acceptors (Lipinski definition) is 4. The van der Waals surface area contributed by atoms with Crippen molar-refractivity contribution in [2.75, 3.05) is 6.54 Å². The van der Waals surface area contributed by atoms with Gasteiger partial charge in [0.1, 0.15) is 5.69 Å². The van der Waals surface area contributed by atoms with Crippen LogP contribution in [0.5, 0.6) is 0 Å². The van der Waals surface area contributed by atoms with Crippen LogP contribution >= 0.6 is 0 Å². The molecule has 0 fully saturated rings. The Morgan fingerprint density at radius 1 is 1.33 bits per heavy atom. The Bertz CT molecular complexity index is 532. The molecule has 0 amide bonds. The fourth-order valence-electron chi connectivity index (χ4n) is 2.04. The third-order valence-corrected chi connectivity index (χ3v) is 2.96. The van der Waals surface area contributed by atoms with Crippen molar-refractivity contribution in [3.05, 3.63) is 35.4 Å². The highest BCUT2D eigenvalue weighted by molar-refractivity contribution is 5.33. The molecule has 1 N–H and O–H groups in total. The van der Waals surface area contributed by atoms with Crippen LogP contribution in [0.25, 0.3) is 5.69 Å². The number of aryl methyl sites for hydroxylation is 1. The molecule has 2 heterocycles. The molecule has 1 atom stereocenters. The van der Waals surface area contributed by atoms with Gasteiger partial charge in [0.2, 0.25) is 0 Å². The molecule has 0 aliphatic rings. The molecule has 0 aliphatic carbocycles.